The van der Waals surface area contributed by atoms with E-state index in [9.17, 15) is 5.11 Å². The Morgan fingerprint density at radius 3 is 3.14 bits per heavy atom. The number of aliphatic hydroxyl groups is 1. The van der Waals surface area contributed by atoms with E-state index in [1.807, 2.05) is 0 Å². The maximum Gasteiger partial charge on any atom is 0.0477 e. The van der Waals surface area contributed by atoms with E-state index < -0.39 is 0 Å². The van der Waals surface area contributed by atoms with Gasteiger partial charge in [0.05, 0.1) is 0 Å². The van der Waals surface area contributed by atoms with Crippen molar-refractivity contribution >= 4 is 11.3 Å². The summed E-state index contributed by atoms with van der Waals surface area (Å²) in [5, 5.41) is 15.0. The molecule has 1 aromatic heterocycles. The molecule has 0 amide bonds. The van der Waals surface area contributed by atoms with Crippen molar-refractivity contribution in [3.8, 4) is 0 Å². The van der Waals surface area contributed by atoms with Gasteiger partial charge in [0, 0.05) is 23.4 Å². The van der Waals surface area contributed by atoms with Crippen molar-refractivity contribution in [3.63, 3.8) is 0 Å². The molecule has 2 rings (SSSR count). The van der Waals surface area contributed by atoms with Gasteiger partial charge < -0.3 is 10.4 Å². The Morgan fingerprint density at radius 1 is 1.64 bits per heavy atom. The van der Waals surface area contributed by atoms with Gasteiger partial charge in [0.2, 0.25) is 0 Å². The van der Waals surface area contributed by atoms with Crippen LogP contribution in [0.3, 0.4) is 0 Å². The van der Waals surface area contributed by atoms with Crippen LogP contribution in [-0.4, -0.2) is 18.3 Å². The van der Waals surface area contributed by atoms with Crippen LogP contribution in [0.1, 0.15) is 24.3 Å². The average molecular weight is 211 g/mol. The average Bonchev–Trinajstić information content (AvgIpc) is 2.70. The minimum Gasteiger partial charge on any atom is -0.396 e. The van der Waals surface area contributed by atoms with Crippen LogP contribution in [-0.2, 0) is 0 Å². The van der Waals surface area contributed by atoms with E-state index in [1.165, 1.54) is 4.88 Å². The van der Waals surface area contributed by atoms with Crippen molar-refractivity contribution < 1.29 is 5.11 Å². The molecule has 0 radical (unpaired) electrons. The highest BCUT2D eigenvalue weighted by Crippen LogP contribution is 2.33. The minimum absolute atomic E-state index is 0.292. The highest BCUT2D eigenvalue weighted by atomic mass is 32.1. The van der Waals surface area contributed by atoms with Gasteiger partial charge in [-0.1, -0.05) is 13.0 Å². The topological polar surface area (TPSA) is 32.3 Å². The number of thiophene rings is 1. The Bertz CT molecular complexity index is 273. The molecule has 78 valence electrons. The van der Waals surface area contributed by atoms with Gasteiger partial charge in [0.1, 0.15) is 0 Å². The molecule has 0 bridgehead atoms. The first-order chi connectivity index (χ1) is 6.81. The van der Waals surface area contributed by atoms with E-state index in [0.29, 0.717) is 24.5 Å². The second-order valence-electron chi connectivity index (χ2n) is 4.18. The molecule has 0 spiro atoms. The zero-order chi connectivity index (χ0) is 9.97. The molecule has 1 fully saturated rings. The molecule has 1 aromatic rings. The molecule has 2 heterocycles. The normalized spacial score (nSPS) is 33.1. The van der Waals surface area contributed by atoms with Gasteiger partial charge in [-0.2, -0.15) is 0 Å². The first-order valence-corrected chi connectivity index (χ1v) is 6.07. The third kappa shape index (κ3) is 2.00. The highest BCUT2D eigenvalue weighted by molar-refractivity contribution is 7.10. The van der Waals surface area contributed by atoms with Gasteiger partial charge in [-0.25, -0.2) is 0 Å². The van der Waals surface area contributed by atoms with Gasteiger partial charge >= 0.3 is 0 Å². The fraction of sp³-hybridized carbons (Fsp3) is 0.636. The summed E-state index contributed by atoms with van der Waals surface area (Å²) in [5.41, 5.74) is 0. The van der Waals surface area contributed by atoms with Crippen LogP contribution in [0.25, 0.3) is 0 Å². The lowest BCUT2D eigenvalue weighted by molar-refractivity contribution is 0.138. The quantitative estimate of drug-likeness (QED) is 0.784. The monoisotopic (exact) mass is 211 g/mol. The zero-order valence-electron chi connectivity index (χ0n) is 8.44. The van der Waals surface area contributed by atoms with Crippen LogP contribution in [0, 0.1) is 11.8 Å². The molecule has 0 aromatic carbocycles. The Balaban J connectivity index is 2.10. The summed E-state index contributed by atoms with van der Waals surface area (Å²) in [6.07, 6.45) is 1.13. The predicted octanol–water partition coefficient (Wildman–Crippen LogP) is 2.03. The molecule has 14 heavy (non-hydrogen) atoms. The Morgan fingerprint density at radius 2 is 2.50 bits per heavy atom. The lowest BCUT2D eigenvalue weighted by atomic mass is 9.85. The molecule has 3 heteroatoms. The van der Waals surface area contributed by atoms with Crippen LogP contribution in [0.15, 0.2) is 17.5 Å². The second kappa shape index (κ2) is 4.43. The van der Waals surface area contributed by atoms with E-state index in [1.54, 1.807) is 11.3 Å². The van der Waals surface area contributed by atoms with Crippen LogP contribution in [0.4, 0.5) is 0 Å². The molecule has 2 nitrogen and oxygen atoms in total. The lowest BCUT2D eigenvalue weighted by Gasteiger charge is -2.34. The van der Waals surface area contributed by atoms with E-state index >= 15 is 0 Å². The smallest absolute Gasteiger partial charge is 0.0477 e. The Labute approximate surface area is 89.0 Å². The highest BCUT2D eigenvalue weighted by Gasteiger charge is 2.29. The third-order valence-electron chi connectivity index (χ3n) is 2.95. The minimum atomic E-state index is 0.292. The third-order valence-corrected chi connectivity index (χ3v) is 3.90. The van der Waals surface area contributed by atoms with Crippen LogP contribution in [0.2, 0.25) is 0 Å². The van der Waals surface area contributed by atoms with E-state index in [2.05, 4.69) is 29.8 Å². The standard InChI is InChI=1S/C11H17NOS/c1-8-5-9(7-13)11(12-6-8)10-3-2-4-14-10/h2-4,8-9,11-13H,5-7H2,1H3. The van der Waals surface area contributed by atoms with Gasteiger partial charge in [0.25, 0.3) is 0 Å². The van der Waals surface area contributed by atoms with Crippen molar-refractivity contribution in [1.29, 1.82) is 0 Å². The van der Waals surface area contributed by atoms with Crippen LogP contribution >= 0.6 is 11.3 Å². The number of hydrogen-bond acceptors (Lipinski definition) is 3. The molecular formula is C11H17NOS. The summed E-state index contributed by atoms with van der Waals surface area (Å²) in [4.78, 5) is 1.36. The first kappa shape index (κ1) is 10.1. The van der Waals surface area contributed by atoms with Crippen molar-refractivity contribution in [2.45, 2.75) is 19.4 Å². The van der Waals surface area contributed by atoms with E-state index in [0.717, 1.165) is 13.0 Å². The van der Waals surface area contributed by atoms with Crippen LogP contribution < -0.4 is 5.32 Å². The second-order valence-corrected chi connectivity index (χ2v) is 5.16. The zero-order valence-corrected chi connectivity index (χ0v) is 9.26. The number of nitrogens with one attached hydrogen (secondary N) is 1. The maximum absolute atomic E-state index is 9.34. The molecule has 0 saturated carbocycles. The first-order valence-electron chi connectivity index (χ1n) is 5.19. The van der Waals surface area contributed by atoms with Gasteiger partial charge in [-0.3, -0.25) is 0 Å². The van der Waals surface area contributed by atoms with Crippen molar-refractivity contribution in [2.24, 2.45) is 11.8 Å². The molecule has 1 aliphatic rings. The molecule has 3 unspecified atom stereocenters. The number of hydrogen-bond donors (Lipinski definition) is 2. The molecule has 1 aliphatic heterocycles. The summed E-state index contributed by atoms with van der Waals surface area (Å²) in [7, 11) is 0. The van der Waals surface area contributed by atoms with Gasteiger partial charge in [-0.05, 0) is 30.3 Å². The summed E-state index contributed by atoms with van der Waals surface area (Å²) < 4.78 is 0. The van der Waals surface area contributed by atoms with Crippen molar-refractivity contribution in [1.82, 2.24) is 5.32 Å². The number of aliphatic hydroxyl groups excluding tert-OH is 1. The molecule has 1 saturated heterocycles. The molecule has 2 N–H and O–H groups in total. The SMILES string of the molecule is CC1CNC(c2cccs2)C(CO)C1. The van der Waals surface area contributed by atoms with Crippen molar-refractivity contribution in [3.05, 3.63) is 22.4 Å². The maximum atomic E-state index is 9.34. The largest absolute Gasteiger partial charge is 0.396 e. The molecule has 3 atom stereocenters. The van der Waals surface area contributed by atoms with Gasteiger partial charge in [-0.15, -0.1) is 11.3 Å². The van der Waals surface area contributed by atoms with E-state index in [4.69, 9.17) is 0 Å². The van der Waals surface area contributed by atoms with Gasteiger partial charge in [0.15, 0.2) is 0 Å². The van der Waals surface area contributed by atoms with Crippen LogP contribution in [0.5, 0.6) is 0 Å². The summed E-state index contributed by atoms with van der Waals surface area (Å²) in [6.45, 7) is 3.60. The Hall–Kier alpha value is -0.380. The number of piperidine rings is 1. The summed E-state index contributed by atoms with van der Waals surface area (Å²) in [5.74, 6) is 1.07. The Kier molecular flexibility index (Phi) is 3.21. The fourth-order valence-corrected chi connectivity index (χ4v) is 3.11. The lowest BCUT2D eigenvalue weighted by Crippen LogP contribution is -2.39. The molecule has 0 aliphatic carbocycles. The predicted molar refractivity (Wildman–Crippen MR) is 59.4 cm³/mol. The van der Waals surface area contributed by atoms with E-state index in [-0.39, 0.29) is 0 Å². The molecular weight excluding hydrogens is 194 g/mol. The number of rotatable bonds is 2. The summed E-state index contributed by atoms with van der Waals surface area (Å²) in [6, 6.07) is 4.60. The summed E-state index contributed by atoms with van der Waals surface area (Å²) >= 11 is 1.78. The van der Waals surface area contributed by atoms with Crippen molar-refractivity contribution in [2.75, 3.05) is 13.2 Å². The fourth-order valence-electron chi connectivity index (χ4n) is 2.21.